The fraction of sp³-hybridized carbons (Fsp3) is 0.750. The van der Waals surface area contributed by atoms with Crippen molar-refractivity contribution in [2.45, 2.75) is 44.9 Å². The van der Waals surface area contributed by atoms with E-state index in [2.05, 4.69) is 47.9 Å². The number of hydrogen-bond donors (Lipinski definition) is 0. The molecule has 0 bridgehead atoms. The first-order valence-corrected chi connectivity index (χ1v) is 6.60. The quantitative estimate of drug-likeness (QED) is 0.752. The molecule has 0 saturated heterocycles. The van der Waals surface area contributed by atoms with Crippen molar-refractivity contribution >= 4 is 15.9 Å². The van der Waals surface area contributed by atoms with Gasteiger partial charge in [0.1, 0.15) is 0 Å². The molecule has 1 rings (SSSR count). The zero-order valence-corrected chi connectivity index (χ0v) is 11.7. The van der Waals surface area contributed by atoms with E-state index in [1.807, 2.05) is 11.7 Å². The van der Waals surface area contributed by atoms with E-state index in [0.717, 1.165) is 12.8 Å². The van der Waals surface area contributed by atoms with Crippen LogP contribution in [0.2, 0.25) is 0 Å². The normalized spacial score (nSPS) is 15.3. The summed E-state index contributed by atoms with van der Waals surface area (Å²) >= 11 is 3.60. The minimum atomic E-state index is 0.603. The molecule has 0 aliphatic carbocycles. The summed E-state index contributed by atoms with van der Waals surface area (Å²) in [5.74, 6) is 0.708. The molecule has 86 valence electrons. The molecule has 1 aromatic rings. The van der Waals surface area contributed by atoms with E-state index < -0.39 is 0 Å². The molecule has 0 aromatic carbocycles. The standard InChI is InChI=1S/C12H21BrN2/c1-5-11-8-12(15(4)14-11)7-9(2)6-10(3)13/h8-10H,5-7H2,1-4H3. The van der Waals surface area contributed by atoms with Crippen molar-refractivity contribution in [2.24, 2.45) is 13.0 Å². The third-order valence-corrected chi connectivity index (χ3v) is 3.05. The van der Waals surface area contributed by atoms with Gasteiger partial charge >= 0.3 is 0 Å². The maximum absolute atomic E-state index is 4.47. The third kappa shape index (κ3) is 3.98. The summed E-state index contributed by atoms with van der Waals surface area (Å²) in [7, 11) is 2.04. The van der Waals surface area contributed by atoms with Gasteiger partial charge in [-0.3, -0.25) is 4.68 Å². The number of rotatable bonds is 5. The van der Waals surface area contributed by atoms with E-state index in [-0.39, 0.29) is 0 Å². The second kappa shape index (κ2) is 5.69. The highest BCUT2D eigenvalue weighted by Crippen LogP contribution is 2.17. The first-order chi connectivity index (χ1) is 7.02. The summed E-state index contributed by atoms with van der Waals surface area (Å²) in [5, 5.41) is 4.47. The van der Waals surface area contributed by atoms with Crippen molar-refractivity contribution in [3.8, 4) is 0 Å². The summed E-state index contributed by atoms with van der Waals surface area (Å²) in [5.41, 5.74) is 2.55. The smallest absolute Gasteiger partial charge is 0.0624 e. The first kappa shape index (κ1) is 12.8. The minimum absolute atomic E-state index is 0.603. The Morgan fingerprint density at radius 2 is 2.13 bits per heavy atom. The van der Waals surface area contributed by atoms with E-state index >= 15 is 0 Å². The summed E-state index contributed by atoms with van der Waals surface area (Å²) in [6, 6.07) is 2.23. The molecule has 2 unspecified atom stereocenters. The Balaban J connectivity index is 2.59. The van der Waals surface area contributed by atoms with Gasteiger partial charge in [-0.1, -0.05) is 36.7 Å². The molecule has 0 N–H and O–H groups in total. The van der Waals surface area contributed by atoms with E-state index in [4.69, 9.17) is 0 Å². The topological polar surface area (TPSA) is 17.8 Å². The molecule has 1 aromatic heterocycles. The van der Waals surface area contributed by atoms with Crippen molar-refractivity contribution in [3.05, 3.63) is 17.5 Å². The summed E-state index contributed by atoms with van der Waals surface area (Å²) < 4.78 is 2.02. The molecule has 0 aliphatic heterocycles. The number of alkyl halides is 1. The molecule has 1 heterocycles. The average Bonchev–Trinajstić information content (AvgIpc) is 2.46. The molecule has 0 amide bonds. The van der Waals surface area contributed by atoms with E-state index in [1.54, 1.807) is 0 Å². The van der Waals surface area contributed by atoms with Crippen molar-refractivity contribution < 1.29 is 0 Å². The first-order valence-electron chi connectivity index (χ1n) is 5.68. The van der Waals surface area contributed by atoms with E-state index in [0.29, 0.717) is 10.7 Å². The van der Waals surface area contributed by atoms with Crippen LogP contribution in [0.5, 0.6) is 0 Å². The lowest BCUT2D eigenvalue weighted by atomic mass is 10.00. The Morgan fingerprint density at radius 1 is 1.47 bits per heavy atom. The van der Waals surface area contributed by atoms with Crippen LogP contribution < -0.4 is 0 Å². The van der Waals surface area contributed by atoms with Gasteiger partial charge in [0, 0.05) is 17.6 Å². The molecular formula is C12H21BrN2. The van der Waals surface area contributed by atoms with Crippen LogP contribution in [0.1, 0.15) is 38.6 Å². The predicted octanol–water partition coefficient (Wildman–Crippen LogP) is 3.33. The second-order valence-electron chi connectivity index (χ2n) is 4.43. The second-order valence-corrected chi connectivity index (χ2v) is 5.99. The van der Waals surface area contributed by atoms with Crippen LogP contribution in [0.15, 0.2) is 6.07 Å². The molecule has 0 spiro atoms. The minimum Gasteiger partial charge on any atom is -0.272 e. The summed E-state index contributed by atoms with van der Waals surface area (Å²) in [6.07, 6.45) is 3.36. The zero-order valence-electron chi connectivity index (χ0n) is 10.1. The van der Waals surface area contributed by atoms with Gasteiger partial charge in [0.15, 0.2) is 0 Å². The average molecular weight is 273 g/mol. The molecule has 15 heavy (non-hydrogen) atoms. The molecule has 0 radical (unpaired) electrons. The molecular weight excluding hydrogens is 252 g/mol. The van der Waals surface area contributed by atoms with Gasteiger partial charge in [0.2, 0.25) is 0 Å². The maximum Gasteiger partial charge on any atom is 0.0624 e. The molecule has 3 heteroatoms. The van der Waals surface area contributed by atoms with Crippen molar-refractivity contribution in [1.29, 1.82) is 0 Å². The van der Waals surface area contributed by atoms with E-state index in [1.165, 1.54) is 17.8 Å². The van der Waals surface area contributed by atoms with Gasteiger partial charge in [-0.05, 0) is 31.2 Å². The van der Waals surface area contributed by atoms with Crippen LogP contribution in [-0.4, -0.2) is 14.6 Å². The fourth-order valence-electron chi connectivity index (χ4n) is 1.93. The van der Waals surface area contributed by atoms with Crippen LogP contribution in [0.3, 0.4) is 0 Å². The highest BCUT2D eigenvalue weighted by Gasteiger charge is 2.10. The van der Waals surface area contributed by atoms with Crippen LogP contribution in [0.25, 0.3) is 0 Å². The lowest BCUT2D eigenvalue weighted by Gasteiger charge is -2.12. The predicted molar refractivity (Wildman–Crippen MR) is 68.5 cm³/mol. The Bertz CT molecular complexity index is 305. The molecule has 0 aliphatic rings. The maximum atomic E-state index is 4.47. The largest absolute Gasteiger partial charge is 0.272 e. The molecule has 2 nitrogen and oxygen atoms in total. The number of halogens is 1. The highest BCUT2D eigenvalue weighted by atomic mass is 79.9. The van der Waals surface area contributed by atoms with Gasteiger partial charge in [-0.25, -0.2) is 0 Å². The lowest BCUT2D eigenvalue weighted by Crippen LogP contribution is -2.08. The monoisotopic (exact) mass is 272 g/mol. The lowest BCUT2D eigenvalue weighted by molar-refractivity contribution is 0.511. The molecule has 0 fully saturated rings. The Hall–Kier alpha value is -0.310. The van der Waals surface area contributed by atoms with Gasteiger partial charge in [-0.2, -0.15) is 5.10 Å². The molecule has 2 atom stereocenters. The number of hydrogen-bond acceptors (Lipinski definition) is 1. The summed E-state index contributed by atoms with van der Waals surface area (Å²) in [6.45, 7) is 6.66. The Labute approximate surface area is 101 Å². The van der Waals surface area contributed by atoms with Crippen molar-refractivity contribution in [1.82, 2.24) is 9.78 Å². The van der Waals surface area contributed by atoms with Crippen LogP contribution >= 0.6 is 15.9 Å². The van der Waals surface area contributed by atoms with Gasteiger partial charge in [-0.15, -0.1) is 0 Å². The van der Waals surface area contributed by atoms with Gasteiger partial charge in [0.05, 0.1) is 5.69 Å². The zero-order chi connectivity index (χ0) is 11.4. The van der Waals surface area contributed by atoms with Crippen LogP contribution in [0.4, 0.5) is 0 Å². The van der Waals surface area contributed by atoms with Crippen molar-refractivity contribution in [2.75, 3.05) is 0 Å². The Kier molecular flexibility index (Phi) is 4.84. The molecule has 0 saturated carbocycles. The fourth-order valence-corrected chi connectivity index (χ4v) is 2.57. The Morgan fingerprint density at radius 3 is 2.60 bits per heavy atom. The van der Waals surface area contributed by atoms with Crippen LogP contribution in [-0.2, 0) is 19.9 Å². The van der Waals surface area contributed by atoms with Crippen LogP contribution in [0, 0.1) is 5.92 Å². The number of aromatic nitrogens is 2. The highest BCUT2D eigenvalue weighted by molar-refractivity contribution is 9.09. The number of nitrogens with zero attached hydrogens (tertiary/aromatic N) is 2. The number of aryl methyl sites for hydroxylation is 2. The van der Waals surface area contributed by atoms with Gasteiger partial charge in [0.25, 0.3) is 0 Å². The van der Waals surface area contributed by atoms with Crippen molar-refractivity contribution in [3.63, 3.8) is 0 Å². The SMILES string of the molecule is CCc1cc(CC(C)CC(C)Br)n(C)n1. The van der Waals surface area contributed by atoms with Gasteiger partial charge < -0.3 is 0 Å². The third-order valence-electron chi connectivity index (χ3n) is 2.67. The van der Waals surface area contributed by atoms with E-state index in [9.17, 15) is 0 Å². The summed E-state index contributed by atoms with van der Waals surface area (Å²) in [4.78, 5) is 0.603.